The minimum Gasteiger partial charge on any atom is -0.404 e. The van der Waals surface area contributed by atoms with Crippen LogP contribution in [0.2, 0.25) is 0 Å². The topological polar surface area (TPSA) is 179 Å². The molecule has 2 atom stereocenters. The normalized spacial score (nSPS) is 13.5. The summed E-state index contributed by atoms with van der Waals surface area (Å²) >= 11 is 0. The summed E-state index contributed by atoms with van der Waals surface area (Å²) in [7, 11) is -17.6. The third kappa shape index (κ3) is 15.9. The smallest absolute Gasteiger partial charge is 0.404 e. The van der Waals surface area contributed by atoms with Crippen molar-refractivity contribution in [3.05, 3.63) is 182 Å². The summed E-state index contributed by atoms with van der Waals surface area (Å²) in [4.78, 5) is 0. The lowest BCUT2D eigenvalue weighted by Gasteiger charge is -2.22. The van der Waals surface area contributed by atoms with Gasteiger partial charge in [0.2, 0.25) is 0 Å². The van der Waals surface area contributed by atoms with Crippen LogP contribution in [0.1, 0.15) is 0 Å². The molecule has 0 saturated carbocycles. The molecule has 16 nitrogen and oxygen atoms in total. The summed E-state index contributed by atoms with van der Waals surface area (Å²) in [5, 5.41) is 0. The molecule has 62 heavy (non-hydrogen) atoms. The van der Waals surface area contributed by atoms with Crippen LogP contribution in [0.15, 0.2) is 182 Å². The second-order valence-electron chi connectivity index (χ2n) is 12.2. The summed E-state index contributed by atoms with van der Waals surface area (Å²) in [6.07, 6.45) is 0. The summed E-state index contributed by atoms with van der Waals surface area (Å²) in [5.74, 6) is 1.13. The zero-order chi connectivity index (χ0) is 43.4. The van der Waals surface area contributed by atoms with Crippen molar-refractivity contribution in [3.8, 4) is 34.5 Å². The SMILES string of the molecule is O=P(OCCOP(=O)(OCCOP(=O)(Oc1ccccc1)Oc1ccccc1)Oc1ccccc1)(OCCOP(=O)(Oc1ccccc1)Oc1ccccc1)Oc1ccccc1. The summed E-state index contributed by atoms with van der Waals surface area (Å²) < 4.78 is 122. The number of phosphoric acid groups is 4. The van der Waals surface area contributed by atoms with Gasteiger partial charge in [-0.1, -0.05) is 109 Å². The Morgan fingerprint density at radius 3 is 0.548 bits per heavy atom. The minimum absolute atomic E-state index is 0.134. The molecule has 0 aliphatic carbocycles. The van der Waals surface area contributed by atoms with E-state index in [0.29, 0.717) is 0 Å². The molecule has 0 aliphatic heterocycles. The van der Waals surface area contributed by atoms with Crippen LogP contribution < -0.4 is 27.1 Å². The predicted octanol–water partition coefficient (Wildman–Crippen LogP) is 12.0. The fourth-order valence-corrected chi connectivity index (χ4v) is 9.59. The molecule has 0 spiro atoms. The van der Waals surface area contributed by atoms with Gasteiger partial charge in [-0.05, 0) is 72.8 Å². The molecule has 0 amide bonds. The third-order valence-corrected chi connectivity index (χ3v) is 13.1. The Morgan fingerprint density at radius 2 is 0.371 bits per heavy atom. The van der Waals surface area contributed by atoms with E-state index in [1.807, 2.05) is 0 Å². The Bertz CT molecular complexity index is 2140. The van der Waals surface area contributed by atoms with Gasteiger partial charge in [0.1, 0.15) is 34.5 Å². The maximum atomic E-state index is 14.0. The summed E-state index contributed by atoms with van der Waals surface area (Å²) in [6.45, 7) is -2.90. The molecule has 0 bridgehead atoms. The van der Waals surface area contributed by atoms with Crippen molar-refractivity contribution in [2.45, 2.75) is 0 Å². The van der Waals surface area contributed by atoms with Gasteiger partial charge in [0.05, 0.1) is 39.6 Å². The van der Waals surface area contributed by atoms with Crippen molar-refractivity contribution in [1.82, 2.24) is 0 Å². The maximum Gasteiger partial charge on any atom is 0.587 e. The fourth-order valence-electron chi connectivity index (χ4n) is 4.88. The standard InChI is InChI=1S/C42H42O16P4/c43-59(53-37-19-7-1-8-20-37,49-33-35-51-61(45,55-39-23-11-3-12-24-39)56-40-25-13-4-14-26-40)47-31-32-48-60(44,54-38-21-9-2-10-22-38)50-34-36-52-62(46,57-41-27-15-5-16-28-41)58-42-29-17-6-18-30-42/h1-30H,31-36H2. The zero-order valence-electron chi connectivity index (χ0n) is 32.9. The quantitative estimate of drug-likeness (QED) is 0.0351. The van der Waals surface area contributed by atoms with Crippen molar-refractivity contribution in [2.24, 2.45) is 0 Å². The Balaban J connectivity index is 1.07. The Morgan fingerprint density at radius 1 is 0.226 bits per heavy atom. The van der Waals surface area contributed by atoms with E-state index in [9.17, 15) is 18.3 Å². The largest absolute Gasteiger partial charge is 0.587 e. The zero-order valence-corrected chi connectivity index (χ0v) is 36.5. The summed E-state index contributed by atoms with van der Waals surface area (Å²) in [6, 6.07) is 49.2. The fraction of sp³-hybridized carbons (Fsp3) is 0.143. The van der Waals surface area contributed by atoms with Crippen molar-refractivity contribution >= 4 is 31.3 Å². The van der Waals surface area contributed by atoms with Crippen LogP contribution >= 0.6 is 31.3 Å². The third-order valence-electron chi connectivity index (χ3n) is 7.51. The molecular weight excluding hydrogens is 884 g/mol. The van der Waals surface area contributed by atoms with Crippen molar-refractivity contribution in [2.75, 3.05) is 39.6 Å². The van der Waals surface area contributed by atoms with Crippen LogP contribution in [-0.4, -0.2) is 39.6 Å². The van der Waals surface area contributed by atoms with E-state index in [1.54, 1.807) is 158 Å². The average Bonchev–Trinajstić information content (AvgIpc) is 3.28. The van der Waals surface area contributed by atoms with Gasteiger partial charge < -0.3 is 27.1 Å². The lowest BCUT2D eigenvalue weighted by Crippen LogP contribution is -2.14. The predicted molar refractivity (Wildman–Crippen MR) is 229 cm³/mol. The van der Waals surface area contributed by atoms with Crippen molar-refractivity contribution < 1.29 is 72.5 Å². The van der Waals surface area contributed by atoms with Gasteiger partial charge in [0, 0.05) is 0 Å². The molecular formula is C42H42O16P4. The Kier molecular flexibility index (Phi) is 17.4. The first-order valence-corrected chi connectivity index (χ1v) is 24.7. The van der Waals surface area contributed by atoms with E-state index < -0.39 is 70.9 Å². The number of benzene rings is 6. The van der Waals surface area contributed by atoms with Crippen LogP contribution in [0, 0.1) is 0 Å². The van der Waals surface area contributed by atoms with E-state index >= 15 is 0 Å². The highest BCUT2D eigenvalue weighted by atomic mass is 31.2. The second-order valence-corrected chi connectivity index (χ2v) is 18.4. The Labute approximate surface area is 358 Å². The van der Waals surface area contributed by atoms with Gasteiger partial charge in [-0.25, -0.2) is 18.3 Å². The first-order valence-electron chi connectivity index (χ1n) is 18.8. The number of rotatable bonds is 27. The minimum atomic E-state index is -4.49. The van der Waals surface area contributed by atoms with Crippen LogP contribution in [-0.2, 0) is 45.4 Å². The molecule has 0 saturated heterocycles. The number of para-hydroxylation sites is 6. The molecule has 6 aromatic rings. The Hall–Kier alpha value is -5.20. The number of hydrogen-bond donors (Lipinski definition) is 0. The van der Waals surface area contributed by atoms with Crippen molar-refractivity contribution in [3.63, 3.8) is 0 Å². The van der Waals surface area contributed by atoms with E-state index in [0.717, 1.165) is 0 Å². The molecule has 0 N–H and O–H groups in total. The van der Waals surface area contributed by atoms with Crippen LogP contribution in [0.5, 0.6) is 34.5 Å². The van der Waals surface area contributed by atoms with Gasteiger partial charge in [-0.15, -0.1) is 0 Å². The highest BCUT2D eigenvalue weighted by molar-refractivity contribution is 7.50. The van der Waals surface area contributed by atoms with Gasteiger partial charge in [-0.3, -0.25) is 27.1 Å². The average molecular weight is 927 g/mol. The van der Waals surface area contributed by atoms with E-state index in [4.69, 9.17) is 54.3 Å². The molecule has 0 heterocycles. The molecule has 6 aromatic carbocycles. The molecule has 0 fully saturated rings. The first-order chi connectivity index (χ1) is 30.1. The van der Waals surface area contributed by atoms with Crippen LogP contribution in [0.25, 0.3) is 0 Å². The maximum absolute atomic E-state index is 14.0. The van der Waals surface area contributed by atoms with Gasteiger partial charge in [-0.2, -0.15) is 0 Å². The monoisotopic (exact) mass is 926 g/mol. The molecule has 0 aliphatic rings. The van der Waals surface area contributed by atoms with Gasteiger partial charge in [0.25, 0.3) is 0 Å². The van der Waals surface area contributed by atoms with Crippen molar-refractivity contribution in [1.29, 1.82) is 0 Å². The number of phosphoric ester groups is 4. The highest BCUT2D eigenvalue weighted by Crippen LogP contribution is 2.54. The van der Waals surface area contributed by atoms with Gasteiger partial charge in [0.15, 0.2) is 0 Å². The second kappa shape index (κ2) is 23.3. The first kappa shape index (κ1) is 46.3. The molecule has 0 radical (unpaired) electrons. The lowest BCUT2D eigenvalue weighted by atomic mass is 10.3. The van der Waals surface area contributed by atoms with E-state index in [-0.39, 0.29) is 34.5 Å². The van der Waals surface area contributed by atoms with Crippen LogP contribution in [0.3, 0.4) is 0 Å². The van der Waals surface area contributed by atoms with E-state index in [1.165, 1.54) is 24.3 Å². The number of hydrogen-bond acceptors (Lipinski definition) is 16. The highest BCUT2D eigenvalue weighted by Gasteiger charge is 2.36. The molecule has 0 aromatic heterocycles. The van der Waals surface area contributed by atoms with Crippen LogP contribution in [0.4, 0.5) is 0 Å². The molecule has 326 valence electrons. The summed E-state index contributed by atoms with van der Waals surface area (Å²) in [5.41, 5.74) is 0. The molecule has 20 heteroatoms. The lowest BCUT2D eigenvalue weighted by molar-refractivity contribution is 0.0908. The van der Waals surface area contributed by atoms with E-state index in [2.05, 4.69) is 0 Å². The molecule has 2 unspecified atom stereocenters. The molecule has 6 rings (SSSR count). The van der Waals surface area contributed by atoms with Gasteiger partial charge >= 0.3 is 31.3 Å².